The number of carbonyl (C=O) groups is 1. The molecule has 0 bridgehead atoms. The van der Waals surface area contributed by atoms with Crippen molar-refractivity contribution in [1.29, 1.82) is 0 Å². The van der Waals surface area contributed by atoms with Gasteiger partial charge in [-0.2, -0.15) is 18.6 Å². The number of ether oxygens (including phenoxy) is 3. The highest BCUT2D eigenvalue weighted by atomic mass is 19.3. The quantitative estimate of drug-likeness (QED) is 0.214. The minimum absolute atomic E-state index is 0.0433. The molecule has 0 fully saturated rings. The van der Waals surface area contributed by atoms with Gasteiger partial charge < -0.3 is 19.5 Å². The van der Waals surface area contributed by atoms with E-state index in [1.807, 2.05) is 42.5 Å². The predicted molar refractivity (Wildman–Crippen MR) is 156 cm³/mol. The molecule has 1 aliphatic rings. The van der Waals surface area contributed by atoms with E-state index >= 15 is 0 Å². The summed E-state index contributed by atoms with van der Waals surface area (Å²) in [4.78, 5) is 13.3. The molecule has 1 N–H and O–H groups in total. The number of fused-ring (bicyclic) bond motifs is 1. The molecule has 1 amide bonds. The molecule has 42 heavy (non-hydrogen) atoms. The van der Waals surface area contributed by atoms with Crippen LogP contribution in [0.2, 0.25) is 0 Å². The molecule has 1 aromatic heterocycles. The number of anilines is 1. The summed E-state index contributed by atoms with van der Waals surface area (Å²) in [5.41, 5.74) is 4.75. The molecule has 0 unspecified atom stereocenters. The summed E-state index contributed by atoms with van der Waals surface area (Å²) in [5, 5.41) is 7.56. The predicted octanol–water partition coefficient (Wildman–Crippen LogP) is 8.40. The van der Waals surface area contributed by atoms with E-state index in [-0.39, 0.29) is 11.4 Å². The summed E-state index contributed by atoms with van der Waals surface area (Å²) in [6.07, 6.45) is 2.52. The van der Waals surface area contributed by atoms with Crippen LogP contribution in [0.4, 0.5) is 19.3 Å². The molecular formula is C33H27F2N3O4. The van der Waals surface area contributed by atoms with Crippen molar-refractivity contribution in [2.75, 3.05) is 5.32 Å². The molecular weight excluding hydrogens is 540 g/mol. The van der Waals surface area contributed by atoms with Crippen LogP contribution >= 0.6 is 0 Å². The SMILES string of the molecule is CC1(C)Cc2cc(-c3nn(C(=O)Nc4ccc(Oc5ccc(OC(F)F)cc5)cc4)cc3-c3ccccc3)ccc2O1. The topological polar surface area (TPSA) is 74.6 Å². The summed E-state index contributed by atoms with van der Waals surface area (Å²) in [6, 6.07) is 28.0. The number of rotatable bonds is 7. The van der Waals surface area contributed by atoms with Crippen molar-refractivity contribution in [3.8, 4) is 45.4 Å². The van der Waals surface area contributed by atoms with Gasteiger partial charge in [0.25, 0.3) is 0 Å². The Balaban J connectivity index is 1.20. The van der Waals surface area contributed by atoms with Crippen molar-refractivity contribution >= 4 is 11.7 Å². The highest BCUT2D eigenvalue weighted by Gasteiger charge is 2.30. The molecule has 0 saturated heterocycles. The summed E-state index contributed by atoms with van der Waals surface area (Å²) in [6.45, 7) is 1.23. The minimum Gasteiger partial charge on any atom is -0.487 e. The molecule has 0 spiro atoms. The molecule has 4 aromatic carbocycles. The number of hydrogen-bond acceptors (Lipinski definition) is 5. The maximum atomic E-state index is 13.3. The van der Waals surface area contributed by atoms with Crippen molar-refractivity contribution in [1.82, 2.24) is 9.78 Å². The van der Waals surface area contributed by atoms with E-state index in [9.17, 15) is 13.6 Å². The number of hydrogen-bond donors (Lipinski definition) is 1. The summed E-state index contributed by atoms with van der Waals surface area (Å²) in [5.74, 6) is 1.87. The van der Waals surface area contributed by atoms with E-state index in [0.29, 0.717) is 22.9 Å². The molecule has 212 valence electrons. The number of carbonyl (C=O) groups excluding carboxylic acids is 1. The molecule has 2 heterocycles. The minimum atomic E-state index is -2.89. The molecule has 0 saturated carbocycles. The van der Waals surface area contributed by atoms with Gasteiger partial charge in [-0.05, 0) is 91.7 Å². The van der Waals surface area contributed by atoms with Crippen LogP contribution in [0.1, 0.15) is 19.4 Å². The van der Waals surface area contributed by atoms with Gasteiger partial charge in [0.15, 0.2) is 0 Å². The number of amides is 1. The van der Waals surface area contributed by atoms with Crippen LogP contribution in [0.3, 0.4) is 0 Å². The number of nitrogens with one attached hydrogen (secondary N) is 1. The summed E-state index contributed by atoms with van der Waals surface area (Å²) < 4.78 is 42.2. The number of aromatic nitrogens is 2. The third kappa shape index (κ3) is 5.95. The second-order valence-corrected chi connectivity index (χ2v) is 10.5. The lowest BCUT2D eigenvalue weighted by Crippen LogP contribution is -2.24. The highest BCUT2D eigenvalue weighted by Crippen LogP contribution is 2.39. The molecule has 0 atom stereocenters. The molecule has 9 heteroatoms. The largest absolute Gasteiger partial charge is 0.487 e. The fraction of sp³-hybridized carbons (Fsp3) is 0.152. The lowest BCUT2D eigenvalue weighted by atomic mass is 9.97. The Kier molecular flexibility index (Phi) is 7.08. The fourth-order valence-electron chi connectivity index (χ4n) is 4.89. The number of nitrogens with zero attached hydrogens (tertiary/aromatic N) is 2. The maximum Gasteiger partial charge on any atom is 0.387 e. The first kappa shape index (κ1) is 27.0. The Labute approximate surface area is 241 Å². The van der Waals surface area contributed by atoms with Crippen molar-refractivity contribution in [3.63, 3.8) is 0 Å². The van der Waals surface area contributed by atoms with E-state index in [4.69, 9.17) is 14.6 Å². The Morgan fingerprint density at radius 3 is 2.26 bits per heavy atom. The van der Waals surface area contributed by atoms with Crippen molar-refractivity contribution < 1.29 is 27.8 Å². The van der Waals surface area contributed by atoms with E-state index < -0.39 is 12.6 Å². The van der Waals surface area contributed by atoms with Gasteiger partial charge in [0.2, 0.25) is 0 Å². The highest BCUT2D eigenvalue weighted by molar-refractivity contribution is 5.93. The monoisotopic (exact) mass is 567 g/mol. The second kappa shape index (κ2) is 11.0. The maximum absolute atomic E-state index is 13.3. The first-order valence-corrected chi connectivity index (χ1v) is 13.3. The lowest BCUT2D eigenvalue weighted by Gasteiger charge is -2.16. The number of halogens is 2. The fourth-order valence-corrected chi connectivity index (χ4v) is 4.89. The summed E-state index contributed by atoms with van der Waals surface area (Å²) in [7, 11) is 0. The number of benzene rings is 4. The van der Waals surface area contributed by atoms with Crippen LogP contribution in [0.5, 0.6) is 23.0 Å². The standard InChI is InChI=1S/C33H27F2N3O4/c1-33(2)19-23-18-22(8-17-29(23)42-33)30-28(21-6-4-3-5-7-21)20-38(37-30)32(39)36-24-9-11-25(12-10-24)40-26-13-15-27(16-14-26)41-31(34)35/h3-18,20,31H,19H2,1-2H3,(H,36,39). The zero-order chi connectivity index (χ0) is 29.3. The number of alkyl halides is 2. The van der Waals surface area contributed by atoms with Gasteiger partial charge in [-0.15, -0.1) is 0 Å². The Morgan fingerprint density at radius 1 is 0.905 bits per heavy atom. The van der Waals surface area contributed by atoms with E-state index in [0.717, 1.165) is 34.4 Å². The van der Waals surface area contributed by atoms with Crippen LogP contribution in [0, 0.1) is 0 Å². The van der Waals surface area contributed by atoms with Crippen LogP contribution in [-0.2, 0) is 6.42 Å². The zero-order valence-corrected chi connectivity index (χ0v) is 22.9. The normalized spacial score (nSPS) is 13.4. The van der Waals surface area contributed by atoms with Gasteiger partial charge in [0.05, 0.1) is 0 Å². The van der Waals surface area contributed by atoms with Gasteiger partial charge in [0.1, 0.15) is 34.3 Å². The van der Waals surface area contributed by atoms with Gasteiger partial charge >= 0.3 is 12.6 Å². The van der Waals surface area contributed by atoms with Gasteiger partial charge in [-0.25, -0.2) is 4.79 Å². The van der Waals surface area contributed by atoms with Gasteiger partial charge in [0, 0.05) is 29.4 Å². The molecule has 1 aliphatic heterocycles. The lowest BCUT2D eigenvalue weighted by molar-refractivity contribution is -0.0498. The van der Waals surface area contributed by atoms with E-state index in [2.05, 4.69) is 30.0 Å². The average molecular weight is 568 g/mol. The van der Waals surface area contributed by atoms with Crippen molar-refractivity contribution in [3.05, 3.63) is 109 Å². The molecule has 7 nitrogen and oxygen atoms in total. The van der Waals surface area contributed by atoms with Crippen LogP contribution in [-0.4, -0.2) is 28.0 Å². The Morgan fingerprint density at radius 2 is 1.57 bits per heavy atom. The van der Waals surface area contributed by atoms with Crippen molar-refractivity contribution in [2.24, 2.45) is 0 Å². The average Bonchev–Trinajstić information content (AvgIpc) is 3.55. The van der Waals surface area contributed by atoms with Crippen LogP contribution in [0.25, 0.3) is 22.4 Å². The Bertz CT molecular complexity index is 1720. The first-order valence-electron chi connectivity index (χ1n) is 13.3. The van der Waals surface area contributed by atoms with Gasteiger partial charge in [-0.1, -0.05) is 30.3 Å². The Hall–Kier alpha value is -5.18. The molecule has 0 radical (unpaired) electrons. The first-order chi connectivity index (χ1) is 20.2. The second-order valence-electron chi connectivity index (χ2n) is 10.5. The zero-order valence-electron chi connectivity index (χ0n) is 22.9. The smallest absolute Gasteiger partial charge is 0.387 e. The third-order valence-corrected chi connectivity index (χ3v) is 6.73. The molecule has 6 rings (SSSR count). The van der Waals surface area contributed by atoms with E-state index in [1.165, 1.54) is 28.9 Å². The van der Waals surface area contributed by atoms with E-state index in [1.54, 1.807) is 30.5 Å². The molecule has 0 aliphatic carbocycles. The summed E-state index contributed by atoms with van der Waals surface area (Å²) >= 11 is 0. The van der Waals surface area contributed by atoms with Gasteiger partial charge in [-0.3, -0.25) is 0 Å². The van der Waals surface area contributed by atoms with Crippen LogP contribution < -0.4 is 19.5 Å². The third-order valence-electron chi connectivity index (χ3n) is 6.73. The van der Waals surface area contributed by atoms with Crippen LogP contribution in [0.15, 0.2) is 103 Å². The van der Waals surface area contributed by atoms with Crippen molar-refractivity contribution in [2.45, 2.75) is 32.5 Å². The molecule has 5 aromatic rings.